The van der Waals surface area contributed by atoms with Crippen LogP contribution < -0.4 is 5.32 Å². The Balaban J connectivity index is 2.59. The summed E-state index contributed by atoms with van der Waals surface area (Å²) in [6, 6.07) is 4.34. The lowest BCUT2D eigenvalue weighted by Gasteiger charge is -2.10. The number of aliphatic hydroxyl groups excluding tert-OH is 1. The van der Waals surface area contributed by atoms with E-state index in [1.165, 1.54) is 19.2 Å². The molecule has 0 heterocycles. The maximum absolute atomic E-state index is 13.6. The van der Waals surface area contributed by atoms with Gasteiger partial charge in [0.05, 0.1) is 18.8 Å². The van der Waals surface area contributed by atoms with Gasteiger partial charge in [-0.3, -0.25) is 0 Å². The first-order chi connectivity index (χ1) is 8.58. The molecule has 0 bridgehead atoms. The highest BCUT2D eigenvalue weighted by molar-refractivity contribution is 5.89. The summed E-state index contributed by atoms with van der Waals surface area (Å²) in [5, 5.41) is 12.4. The number of methoxy groups -OCH3 is 1. The number of aliphatic hydroxyl groups is 1. The van der Waals surface area contributed by atoms with E-state index in [4.69, 9.17) is 0 Å². The van der Waals surface area contributed by atoms with Crippen LogP contribution in [-0.2, 0) is 11.3 Å². The van der Waals surface area contributed by atoms with Crippen molar-refractivity contribution in [3.63, 3.8) is 0 Å². The van der Waals surface area contributed by atoms with Crippen LogP contribution in [0.3, 0.4) is 0 Å². The molecule has 100 valence electrons. The fourth-order valence-electron chi connectivity index (χ4n) is 1.47. The zero-order valence-corrected chi connectivity index (χ0v) is 10.6. The Morgan fingerprint density at radius 2 is 2.28 bits per heavy atom. The van der Waals surface area contributed by atoms with Crippen LogP contribution in [-0.4, -0.2) is 30.8 Å². The molecule has 0 radical (unpaired) electrons. The zero-order chi connectivity index (χ0) is 13.5. The van der Waals surface area contributed by atoms with E-state index in [0.29, 0.717) is 25.1 Å². The van der Waals surface area contributed by atoms with E-state index in [2.05, 4.69) is 10.1 Å². The Bertz CT molecular complexity index is 409. The Morgan fingerprint density at radius 3 is 2.83 bits per heavy atom. The topological polar surface area (TPSA) is 58.6 Å². The molecule has 0 amide bonds. The van der Waals surface area contributed by atoms with E-state index in [1.54, 1.807) is 6.07 Å². The summed E-state index contributed by atoms with van der Waals surface area (Å²) in [7, 11) is 1.21. The van der Waals surface area contributed by atoms with Crippen LogP contribution in [0, 0.1) is 5.82 Å². The second-order valence-electron chi connectivity index (χ2n) is 4.00. The van der Waals surface area contributed by atoms with Crippen molar-refractivity contribution in [1.82, 2.24) is 5.32 Å². The lowest BCUT2D eigenvalue weighted by atomic mass is 10.1. The van der Waals surface area contributed by atoms with Gasteiger partial charge < -0.3 is 15.2 Å². The van der Waals surface area contributed by atoms with Crippen LogP contribution in [0.2, 0.25) is 0 Å². The minimum Gasteiger partial charge on any atom is -0.465 e. The van der Waals surface area contributed by atoms with E-state index in [1.807, 2.05) is 6.92 Å². The first-order valence-corrected chi connectivity index (χ1v) is 5.84. The smallest absolute Gasteiger partial charge is 0.340 e. The number of esters is 1. The molecule has 0 fully saturated rings. The van der Waals surface area contributed by atoms with Crippen LogP contribution in [0.1, 0.15) is 29.3 Å². The SMILES string of the molecule is CCC(O)CNCc1ccc(C(=O)OC)c(F)c1. The minimum absolute atomic E-state index is 0.0742. The molecule has 2 N–H and O–H groups in total. The summed E-state index contributed by atoms with van der Waals surface area (Å²) in [5.74, 6) is -1.29. The van der Waals surface area contributed by atoms with Crippen LogP contribution in [0.4, 0.5) is 4.39 Å². The van der Waals surface area contributed by atoms with Crippen molar-refractivity contribution >= 4 is 5.97 Å². The van der Waals surface area contributed by atoms with Crippen LogP contribution in [0.25, 0.3) is 0 Å². The number of ether oxygens (including phenoxy) is 1. The number of halogens is 1. The lowest BCUT2D eigenvalue weighted by Crippen LogP contribution is -2.25. The minimum atomic E-state index is -0.687. The zero-order valence-electron chi connectivity index (χ0n) is 10.6. The number of hydrogen-bond acceptors (Lipinski definition) is 4. The third kappa shape index (κ3) is 4.09. The Hall–Kier alpha value is -1.46. The van der Waals surface area contributed by atoms with Crippen molar-refractivity contribution in [3.05, 3.63) is 35.1 Å². The molecular formula is C13H18FNO3. The predicted octanol–water partition coefficient (Wildman–Crippen LogP) is 1.47. The van der Waals surface area contributed by atoms with Crippen molar-refractivity contribution in [1.29, 1.82) is 0 Å². The summed E-state index contributed by atoms with van der Waals surface area (Å²) in [5.41, 5.74) is 0.637. The molecular weight excluding hydrogens is 237 g/mol. The monoisotopic (exact) mass is 255 g/mol. The van der Waals surface area contributed by atoms with Gasteiger partial charge in [0.15, 0.2) is 0 Å². The van der Waals surface area contributed by atoms with Crippen LogP contribution >= 0.6 is 0 Å². The van der Waals surface area contributed by atoms with Crippen LogP contribution in [0.15, 0.2) is 18.2 Å². The van der Waals surface area contributed by atoms with Crippen molar-refractivity contribution in [2.45, 2.75) is 26.0 Å². The van der Waals surface area contributed by atoms with E-state index in [9.17, 15) is 14.3 Å². The average Bonchev–Trinajstić information content (AvgIpc) is 2.37. The van der Waals surface area contributed by atoms with Crippen molar-refractivity contribution in [3.8, 4) is 0 Å². The number of carbonyl (C=O) groups excluding carboxylic acids is 1. The molecule has 18 heavy (non-hydrogen) atoms. The fraction of sp³-hybridized carbons (Fsp3) is 0.462. The fourth-order valence-corrected chi connectivity index (χ4v) is 1.47. The Kier molecular flexibility index (Phi) is 5.74. The number of hydrogen-bond donors (Lipinski definition) is 2. The van der Waals surface area contributed by atoms with Gasteiger partial charge in [-0.15, -0.1) is 0 Å². The second-order valence-corrected chi connectivity index (χ2v) is 4.00. The number of rotatable bonds is 6. The molecule has 0 spiro atoms. The quantitative estimate of drug-likeness (QED) is 0.756. The maximum atomic E-state index is 13.6. The molecule has 0 saturated heterocycles. The van der Waals surface area contributed by atoms with E-state index < -0.39 is 17.9 Å². The van der Waals surface area contributed by atoms with Gasteiger partial charge in [0.25, 0.3) is 0 Å². The van der Waals surface area contributed by atoms with Gasteiger partial charge >= 0.3 is 5.97 Å². The van der Waals surface area contributed by atoms with Crippen LogP contribution in [0.5, 0.6) is 0 Å². The predicted molar refractivity (Wildman–Crippen MR) is 65.7 cm³/mol. The van der Waals surface area contributed by atoms with Gasteiger partial charge in [-0.1, -0.05) is 13.0 Å². The third-order valence-electron chi connectivity index (χ3n) is 2.62. The Labute approximate surface area is 106 Å². The molecule has 0 aliphatic heterocycles. The molecule has 1 unspecified atom stereocenters. The molecule has 4 nitrogen and oxygen atoms in total. The molecule has 1 atom stereocenters. The summed E-state index contributed by atoms with van der Waals surface area (Å²) < 4.78 is 18.0. The number of nitrogens with one attached hydrogen (secondary N) is 1. The molecule has 5 heteroatoms. The normalized spacial score (nSPS) is 12.2. The van der Waals surface area contributed by atoms with Gasteiger partial charge in [0.1, 0.15) is 5.82 Å². The highest BCUT2D eigenvalue weighted by Crippen LogP contribution is 2.11. The van der Waals surface area contributed by atoms with Crippen molar-refractivity contribution < 1.29 is 19.0 Å². The maximum Gasteiger partial charge on any atom is 0.340 e. The Morgan fingerprint density at radius 1 is 1.56 bits per heavy atom. The van der Waals surface area contributed by atoms with Gasteiger partial charge in [0.2, 0.25) is 0 Å². The summed E-state index contributed by atoms with van der Waals surface area (Å²) in [4.78, 5) is 11.2. The molecule has 0 aliphatic carbocycles. The second kappa shape index (κ2) is 7.08. The van der Waals surface area contributed by atoms with Gasteiger partial charge in [-0.25, -0.2) is 9.18 Å². The van der Waals surface area contributed by atoms with E-state index in [-0.39, 0.29) is 5.56 Å². The standard InChI is InChI=1S/C13H18FNO3/c1-3-10(16)8-15-7-9-4-5-11(12(14)6-9)13(17)18-2/h4-6,10,15-16H,3,7-8H2,1-2H3. The molecule has 0 aromatic heterocycles. The van der Waals surface area contributed by atoms with Crippen molar-refractivity contribution in [2.75, 3.05) is 13.7 Å². The largest absolute Gasteiger partial charge is 0.465 e. The molecule has 0 aliphatic rings. The van der Waals surface area contributed by atoms with Gasteiger partial charge in [-0.2, -0.15) is 0 Å². The molecule has 0 saturated carbocycles. The summed E-state index contributed by atoms with van der Waals surface area (Å²) in [6.07, 6.45) is 0.270. The summed E-state index contributed by atoms with van der Waals surface area (Å²) >= 11 is 0. The third-order valence-corrected chi connectivity index (χ3v) is 2.62. The van der Waals surface area contributed by atoms with Gasteiger partial charge in [0, 0.05) is 13.1 Å². The van der Waals surface area contributed by atoms with Crippen molar-refractivity contribution in [2.24, 2.45) is 0 Å². The number of carbonyl (C=O) groups is 1. The first-order valence-electron chi connectivity index (χ1n) is 5.84. The molecule has 1 rings (SSSR count). The first kappa shape index (κ1) is 14.6. The lowest BCUT2D eigenvalue weighted by molar-refractivity contribution is 0.0595. The number of benzene rings is 1. The highest BCUT2D eigenvalue weighted by Gasteiger charge is 2.12. The van der Waals surface area contributed by atoms with E-state index >= 15 is 0 Å². The molecule has 1 aromatic carbocycles. The summed E-state index contributed by atoms with van der Waals surface area (Å²) in [6.45, 7) is 2.78. The van der Waals surface area contributed by atoms with E-state index in [0.717, 1.165) is 0 Å². The highest BCUT2D eigenvalue weighted by atomic mass is 19.1. The van der Waals surface area contributed by atoms with Gasteiger partial charge in [-0.05, 0) is 24.1 Å². The molecule has 1 aromatic rings. The average molecular weight is 255 g/mol.